The Morgan fingerprint density at radius 1 is 1.12 bits per heavy atom. The van der Waals surface area contributed by atoms with Gasteiger partial charge in [-0.3, -0.25) is 4.79 Å². The first-order valence-corrected chi connectivity index (χ1v) is 8.65. The zero-order valence-electron chi connectivity index (χ0n) is 13.3. The highest BCUT2D eigenvalue weighted by molar-refractivity contribution is 7.98. The van der Waals surface area contributed by atoms with Gasteiger partial charge in [-0.05, 0) is 48.7 Å². The number of thioether (sulfide) groups is 1. The zero-order valence-corrected chi connectivity index (χ0v) is 14.1. The second-order valence-corrected chi connectivity index (χ2v) is 6.19. The Balaban J connectivity index is 2.09. The molecule has 0 saturated carbocycles. The summed E-state index contributed by atoms with van der Waals surface area (Å²) < 4.78 is 27.7. The van der Waals surface area contributed by atoms with Crippen molar-refractivity contribution in [1.29, 1.82) is 0 Å². The molecule has 0 fully saturated rings. The molecule has 1 aromatic heterocycles. The maximum Gasteiger partial charge on any atom is 0.282 e. The molecule has 7 heteroatoms. The molecular weight excluding hydrogens is 344 g/mol. The lowest BCUT2D eigenvalue weighted by atomic mass is 10.1. The van der Waals surface area contributed by atoms with E-state index >= 15 is 0 Å². The van der Waals surface area contributed by atoms with Gasteiger partial charge in [0.1, 0.15) is 5.69 Å². The van der Waals surface area contributed by atoms with Crippen LogP contribution in [0.4, 0.5) is 8.78 Å². The molecule has 0 aliphatic rings. The fraction of sp³-hybridized carbons (Fsp3) is 0.111. The number of nitrogens with two attached hydrogens (primary N) is 1. The van der Waals surface area contributed by atoms with Crippen LogP contribution < -0.4 is 5.73 Å². The maximum absolute atomic E-state index is 13.1. The molecule has 2 aromatic carbocycles. The quantitative estimate of drug-likeness (QED) is 0.691. The maximum atomic E-state index is 13.1. The number of hydrogen-bond acceptors (Lipinski definition) is 3. The van der Waals surface area contributed by atoms with Crippen LogP contribution in [0, 0.1) is 0 Å². The monoisotopic (exact) mass is 359 g/mol. The highest BCUT2D eigenvalue weighted by Crippen LogP contribution is 2.29. The molecule has 1 amide bonds. The van der Waals surface area contributed by atoms with E-state index in [4.69, 9.17) is 5.73 Å². The molecule has 0 spiro atoms. The topological polar surface area (TPSA) is 60.9 Å². The van der Waals surface area contributed by atoms with Crippen molar-refractivity contribution in [3.63, 3.8) is 0 Å². The van der Waals surface area contributed by atoms with Gasteiger partial charge in [0.25, 0.3) is 6.43 Å². The number of nitrogens with zero attached hydrogens (tertiary/aromatic N) is 2. The fourth-order valence-corrected chi connectivity index (χ4v) is 2.85. The van der Waals surface area contributed by atoms with E-state index in [0.29, 0.717) is 16.9 Å². The number of halogens is 2. The summed E-state index contributed by atoms with van der Waals surface area (Å²) in [7, 11) is 0. The van der Waals surface area contributed by atoms with E-state index in [1.54, 1.807) is 36.0 Å². The molecule has 0 aliphatic carbocycles. The van der Waals surface area contributed by atoms with Gasteiger partial charge >= 0.3 is 0 Å². The van der Waals surface area contributed by atoms with Crippen LogP contribution in [0.1, 0.15) is 22.5 Å². The third-order valence-corrected chi connectivity index (χ3v) is 4.48. The first-order valence-electron chi connectivity index (χ1n) is 7.42. The van der Waals surface area contributed by atoms with Gasteiger partial charge in [-0.15, -0.1) is 11.8 Å². The molecule has 0 saturated heterocycles. The van der Waals surface area contributed by atoms with Gasteiger partial charge < -0.3 is 5.73 Å². The van der Waals surface area contributed by atoms with E-state index < -0.39 is 12.3 Å². The largest absolute Gasteiger partial charge is 0.366 e. The minimum Gasteiger partial charge on any atom is -0.366 e. The van der Waals surface area contributed by atoms with E-state index in [1.807, 2.05) is 30.5 Å². The normalized spacial score (nSPS) is 11.0. The number of rotatable bonds is 5. The van der Waals surface area contributed by atoms with Crippen molar-refractivity contribution in [1.82, 2.24) is 9.78 Å². The predicted molar refractivity (Wildman–Crippen MR) is 94.3 cm³/mol. The minimum absolute atomic E-state index is 0.303. The second-order valence-electron chi connectivity index (χ2n) is 5.31. The molecular formula is C18H15F2N3OS. The van der Waals surface area contributed by atoms with Crippen molar-refractivity contribution >= 4 is 17.7 Å². The Bertz CT molecular complexity index is 890. The van der Waals surface area contributed by atoms with Gasteiger partial charge in [0, 0.05) is 16.0 Å². The van der Waals surface area contributed by atoms with Crippen molar-refractivity contribution in [2.24, 2.45) is 5.73 Å². The molecule has 0 aliphatic heterocycles. The van der Waals surface area contributed by atoms with Crippen LogP contribution in [0.2, 0.25) is 0 Å². The number of carbonyl (C=O) groups excluding carboxylic acids is 1. The molecule has 0 radical (unpaired) electrons. The standard InChI is InChI=1S/C18H15F2N3OS/c1-25-14-8-4-11(5-9-14)16-10-15(17(19)20)22-23(16)13-6-2-12(3-7-13)18(21)24/h2-10,17H,1H3,(H2,21,24). The Morgan fingerprint density at radius 3 is 2.28 bits per heavy atom. The van der Waals surface area contributed by atoms with Crippen molar-refractivity contribution in [2.75, 3.05) is 6.26 Å². The number of carbonyl (C=O) groups is 1. The van der Waals surface area contributed by atoms with Crippen molar-refractivity contribution in [3.8, 4) is 16.9 Å². The summed E-state index contributed by atoms with van der Waals surface area (Å²) >= 11 is 1.60. The van der Waals surface area contributed by atoms with Crippen LogP contribution in [0.5, 0.6) is 0 Å². The molecule has 3 rings (SSSR count). The molecule has 2 N–H and O–H groups in total. The SMILES string of the molecule is CSc1ccc(-c2cc(C(F)F)nn2-c2ccc(C(N)=O)cc2)cc1. The van der Waals surface area contributed by atoms with E-state index in [1.165, 1.54) is 10.7 Å². The molecule has 3 aromatic rings. The summed E-state index contributed by atoms with van der Waals surface area (Å²) in [4.78, 5) is 12.3. The third-order valence-electron chi connectivity index (χ3n) is 3.73. The van der Waals surface area contributed by atoms with Gasteiger partial charge in [0.05, 0.1) is 11.4 Å². The molecule has 25 heavy (non-hydrogen) atoms. The summed E-state index contributed by atoms with van der Waals surface area (Å²) in [5, 5.41) is 4.02. The summed E-state index contributed by atoms with van der Waals surface area (Å²) in [5.41, 5.74) is 7.17. The number of amides is 1. The molecule has 1 heterocycles. The van der Waals surface area contributed by atoms with Crippen LogP contribution in [-0.2, 0) is 0 Å². The average molecular weight is 359 g/mol. The number of aromatic nitrogens is 2. The molecule has 0 bridgehead atoms. The molecule has 0 atom stereocenters. The summed E-state index contributed by atoms with van der Waals surface area (Å²) in [6.45, 7) is 0. The van der Waals surface area contributed by atoms with Crippen LogP contribution in [0.3, 0.4) is 0 Å². The first kappa shape index (κ1) is 17.2. The van der Waals surface area contributed by atoms with Gasteiger partial charge in [-0.25, -0.2) is 13.5 Å². The summed E-state index contributed by atoms with van der Waals surface area (Å²) in [6, 6.07) is 15.3. The highest BCUT2D eigenvalue weighted by atomic mass is 32.2. The Morgan fingerprint density at radius 2 is 1.76 bits per heavy atom. The van der Waals surface area contributed by atoms with Crippen molar-refractivity contribution in [2.45, 2.75) is 11.3 Å². The van der Waals surface area contributed by atoms with E-state index in [2.05, 4.69) is 5.10 Å². The minimum atomic E-state index is -2.67. The van der Waals surface area contributed by atoms with Crippen LogP contribution in [0.25, 0.3) is 16.9 Å². The number of hydrogen-bond donors (Lipinski definition) is 1. The third kappa shape index (κ3) is 3.56. The lowest BCUT2D eigenvalue weighted by Gasteiger charge is -2.08. The van der Waals surface area contributed by atoms with E-state index in [0.717, 1.165) is 10.5 Å². The molecule has 0 unspecified atom stereocenters. The zero-order chi connectivity index (χ0) is 18.0. The summed E-state index contributed by atoms with van der Waals surface area (Å²) in [5.74, 6) is -0.548. The van der Waals surface area contributed by atoms with Gasteiger partial charge in [0.15, 0.2) is 0 Å². The van der Waals surface area contributed by atoms with Gasteiger partial charge in [0.2, 0.25) is 5.91 Å². The van der Waals surface area contributed by atoms with Gasteiger partial charge in [-0.1, -0.05) is 12.1 Å². The number of primary amides is 1. The smallest absolute Gasteiger partial charge is 0.282 e. The lowest BCUT2D eigenvalue weighted by molar-refractivity contribution is 0.1000. The van der Waals surface area contributed by atoms with Crippen LogP contribution in [0.15, 0.2) is 59.5 Å². The van der Waals surface area contributed by atoms with Crippen molar-refractivity contribution < 1.29 is 13.6 Å². The van der Waals surface area contributed by atoms with Crippen molar-refractivity contribution in [3.05, 3.63) is 65.9 Å². The fourth-order valence-electron chi connectivity index (χ4n) is 2.44. The highest BCUT2D eigenvalue weighted by Gasteiger charge is 2.18. The summed E-state index contributed by atoms with van der Waals surface area (Å²) in [6.07, 6.45) is -0.704. The van der Waals surface area contributed by atoms with E-state index in [-0.39, 0.29) is 5.69 Å². The lowest BCUT2D eigenvalue weighted by Crippen LogP contribution is -2.11. The average Bonchev–Trinajstić information content (AvgIpc) is 3.07. The molecule has 4 nitrogen and oxygen atoms in total. The van der Waals surface area contributed by atoms with E-state index in [9.17, 15) is 13.6 Å². The molecule has 128 valence electrons. The predicted octanol–water partition coefficient (Wildman–Crippen LogP) is 4.30. The van der Waals surface area contributed by atoms with Gasteiger partial charge in [-0.2, -0.15) is 5.10 Å². The number of alkyl halides is 2. The van der Waals surface area contributed by atoms with Crippen LogP contribution >= 0.6 is 11.8 Å². The Hall–Kier alpha value is -2.67. The first-order chi connectivity index (χ1) is 12.0. The second kappa shape index (κ2) is 7.06. The Labute approximate surface area is 147 Å². The van der Waals surface area contributed by atoms with Crippen LogP contribution in [-0.4, -0.2) is 21.9 Å². The number of benzene rings is 2. The Kier molecular flexibility index (Phi) is 4.85.